The van der Waals surface area contributed by atoms with Gasteiger partial charge in [-0.15, -0.1) is 0 Å². The topological polar surface area (TPSA) is 42.1 Å². The summed E-state index contributed by atoms with van der Waals surface area (Å²) in [6.45, 7) is 9.52. The van der Waals surface area contributed by atoms with Crippen LogP contribution in [-0.2, 0) is 15.7 Å². The van der Waals surface area contributed by atoms with Crippen LogP contribution in [0.5, 0.6) is 0 Å². The van der Waals surface area contributed by atoms with Crippen LogP contribution < -0.4 is 0 Å². The lowest BCUT2D eigenvalue weighted by Gasteiger charge is -2.19. The lowest BCUT2D eigenvalue weighted by molar-refractivity contribution is -0.138. The average molecular weight is 506 g/mol. The molecule has 0 saturated carbocycles. The van der Waals surface area contributed by atoms with E-state index in [2.05, 4.69) is 11.6 Å². The summed E-state index contributed by atoms with van der Waals surface area (Å²) in [6.07, 6.45) is 4.21. The van der Waals surface area contributed by atoms with E-state index in [0.29, 0.717) is 23.3 Å². The van der Waals surface area contributed by atoms with E-state index in [1.165, 1.54) is 18.2 Å². The number of aromatic amines is 1. The lowest BCUT2D eigenvalue weighted by atomic mass is 9.88. The fourth-order valence-corrected chi connectivity index (χ4v) is 4.15. The minimum atomic E-state index is -4.49. The Balaban J connectivity index is 2.23. The van der Waals surface area contributed by atoms with Crippen molar-refractivity contribution in [3.05, 3.63) is 119 Å². The molecule has 6 heteroatoms. The fraction of sp³-hybridized carbons (Fsp3) is 0.194. The minimum absolute atomic E-state index is 0.147. The quantitative estimate of drug-likeness (QED) is 0.137. The fourth-order valence-electron chi connectivity index (χ4n) is 4.15. The summed E-state index contributed by atoms with van der Waals surface area (Å²) in [7, 11) is 0. The van der Waals surface area contributed by atoms with E-state index < -0.39 is 17.7 Å². The summed E-state index contributed by atoms with van der Waals surface area (Å²) < 4.78 is 46.9. The first-order chi connectivity index (χ1) is 17.7. The Labute approximate surface area is 215 Å². The molecule has 3 nitrogen and oxygen atoms in total. The first kappa shape index (κ1) is 27.5. The molecule has 0 bridgehead atoms. The predicted molar refractivity (Wildman–Crippen MR) is 145 cm³/mol. The third kappa shape index (κ3) is 6.79. The maximum atomic E-state index is 14.0. The third-order valence-corrected chi connectivity index (χ3v) is 5.83. The predicted octanol–water partition coefficient (Wildman–Crippen LogP) is 8.49. The van der Waals surface area contributed by atoms with Crippen LogP contribution >= 0.6 is 0 Å². The van der Waals surface area contributed by atoms with Gasteiger partial charge in [-0.25, -0.2) is 4.79 Å². The second-order valence-corrected chi connectivity index (χ2v) is 8.33. The molecule has 0 fully saturated rings. The lowest BCUT2D eigenvalue weighted by Crippen LogP contribution is -2.09. The number of benzene rings is 2. The van der Waals surface area contributed by atoms with Crippen LogP contribution in [0, 0.1) is 6.92 Å². The van der Waals surface area contributed by atoms with E-state index in [9.17, 15) is 18.0 Å². The second kappa shape index (κ2) is 12.3. The van der Waals surface area contributed by atoms with Gasteiger partial charge < -0.3 is 9.72 Å². The molecule has 2 aromatic carbocycles. The number of aryl methyl sites for hydroxylation is 1. The van der Waals surface area contributed by atoms with E-state index in [1.807, 2.05) is 50.3 Å². The van der Waals surface area contributed by atoms with Gasteiger partial charge in [-0.3, -0.25) is 0 Å². The van der Waals surface area contributed by atoms with Crippen LogP contribution in [0.4, 0.5) is 13.2 Å². The van der Waals surface area contributed by atoms with Gasteiger partial charge in [-0.2, -0.15) is 13.2 Å². The first-order valence-corrected chi connectivity index (χ1v) is 12.0. The zero-order valence-corrected chi connectivity index (χ0v) is 21.2. The number of halogens is 3. The zero-order valence-electron chi connectivity index (χ0n) is 21.2. The number of esters is 1. The van der Waals surface area contributed by atoms with E-state index >= 15 is 0 Å². The van der Waals surface area contributed by atoms with Crippen molar-refractivity contribution in [1.82, 2.24) is 4.98 Å². The molecular weight excluding hydrogens is 475 g/mol. The van der Waals surface area contributed by atoms with Gasteiger partial charge in [0.25, 0.3) is 0 Å². The number of aromatic nitrogens is 1. The van der Waals surface area contributed by atoms with Gasteiger partial charge in [0, 0.05) is 23.0 Å². The van der Waals surface area contributed by atoms with Gasteiger partial charge >= 0.3 is 12.1 Å². The summed E-state index contributed by atoms with van der Waals surface area (Å²) in [5.41, 5.74) is 4.77. The van der Waals surface area contributed by atoms with E-state index in [1.54, 1.807) is 31.2 Å². The van der Waals surface area contributed by atoms with Crippen molar-refractivity contribution in [3.8, 4) is 0 Å². The van der Waals surface area contributed by atoms with Crippen molar-refractivity contribution in [1.29, 1.82) is 0 Å². The van der Waals surface area contributed by atoms with E-state index in [0.717, 1.165) is 28.5 Å². The molecule has 0 saturated heterocycles. The molecule has 1 N–H and O–H groups in total. The van der Waals surface area contributed by atoms with Crippen molar-refractivity contribution < 1.29 is 22.7 Å². The van der Waals surface area contributed by atoms with Crippen LogP contribution in [0.3, 0.4) is 0 Å². The molecule has 0 aliphatic carbocycles. The van der Waals surface area contributed by atoms with Gasteiger partial charge in [-0.1, -0.05) is 68.1 Å². The molecule has 3 rings (SSSR count). The van der Waals surface area contributed by atoms with Crippen LogP contribution in [0.15, 0.2) is 79.4 Å². The Hall–Kier alpha value is -4.06. The Morgan fingerprint density at radius 2 is 1.76 bits per heavy atom. The van der Waals surface area contributed by atoms with Crippen LogP contribution in [0.1, 0.15) is 59.5 Å². The number of alkyl halides is 3. The smallest absolute Gasteiger partial charge is 0.416 e. The van der Waals surface area contributed by atoms with Gasteiger partial charge in [0.15, 0.2) is 0 Å². The SMILES string of the molecule is C=C/C=C\c1[nH]c(/C(=C(\CC)c2ccccc2C(F)(F)F)c2ccc(/C=C/C(=O)OCC)cc2)cc1C. The molecule has 192 valence electrons. The van der Waals surface area contributed by atoms with Gasteiger partial charge in [0.1, 0.15) is 0 Å². The Morgan fingerprint density at radius 1 is 1.05 bits per heavy atom. The summed E-state index contributed by atoms with van der Waals surface area (Å²) in [6, 6.07) is 14.9. The van der Waals surface area contributed by atoms with Crippen molar-refractivity contribution in [2.75, 3.05) is 6.61 Å². The molecule has 0 aliphatic rings. The standard InChI is InChI=1S/C31H30F3NO2/c1-5-8-13-27-21(4)20-28(35-27)30(23-17-14-22(15-18-23)16-19-29(36)37-7-3)24(6-2)25-11-9-10-12-26(25)31(32,33)34/h5,8-20,35H,1,6-7H2,2-4H3/b13-8-,19-16+,30-24+. The van der Waals surface area contributed by atoms with Gasteiger partial charge in [0.2, 0.25) is 0 Å². The molecule has 1 aromatic heterocycles. The molecular formula is C31H30F3NO2. The van der Waals surface area contributed by atoms with Crippen LogP contribution in [0.25, 0.3) is 23.3 Å². The van der Waals surface area contributed by atoms with Crippen molar-refractivity contribution in [2.45, 2.75) is 33.4 Å². The summed E-state index contributed by atoms with van der Waals surface area (Å²) >= 11 is 0. The van der Waals surface area contributed by atoms with Crippen molar-refractivity contribution in [2.24, 2.45) is 0 Å². The summed E-state index contributed by atoms with van der Waals surface area (Å²) in [5, 5.41) is 0. The Kier molecular flexibility index (Phi) is 9.12. The molecule has 0 aliphatic heterocycles. The molecule has 0 unspecified atom stereocenters. The van der Waals surface area contributed by atoms with Crippen molar-refractivity contribution >= 4 is 29.3 Å². The number of H-pyrrole nitrogens is 1. The number of carbonyl (C=O) groups is 1. The zero-order chi connectivity index (χ0) is 27.0. The average Bonchev–Trinajstić information content (AvgIpc) is 3.24. The molecule has 0 amide bonds. The monoisotopic (exact) mass is 505 g/mol. The number of allylic oxidation sites excluding steroid dienone is 3. The normalized spacial score (nSPS) is 12.7. The molecule has 0 atom stereocenters. The number of hydrogen-bond donors (Lipinski definition) is 1. The highest BCUT2D eigenvalue weighted by molar-refractivity contribution is 5.99. The Bertz CT molecular complexity index is 1340. The van der Waals surface area contributed by atoms with Gasteiger partial charge in [0.05, 0.1) is 12.2 Å². The maximum Gasteiger partial charge on any atom is 0.416 e. The van der Waals surface area contributed by atoms with Gasteiger partial charge in [-0.05, 0) is 72.4 Å². The highest BCUT2D eigenvalue weighted by atomic mass is 19.4. The number of hydrogen-bond acceptors (Lipinski definition) is 2. The molecule has 0 radical (unpaired) electrons. The molecule has 3 aromatic rings. The number of ether oxygens (including phenoxy) is 1. The largest absolute Gasteiger partial charge is 0.463 e. The number of carbonyl (C=O) groups excluding carboxylic acids is 1. The van der Waals surface area contributed by atoms with Crippen LogP contribution in [-0.4, -0.2) is 17.6 Å². The maximum absolute atomic E-state index is 14.0. The minimum Gasteiger partial charge on any atom is -0.463 e. The molecule has 0 spiro atoms. The number of nitrogens with one attached hydrogen (secondary N) is 1. The highest BCUT2D eigenvalue weighted by Gasteiger charge is 2.34. The number of rotatable bonds is 9. The van der Waals surface area contributed by atoms with Crippen LogP contribution in [0.2, 0.25) is 0 Å². The third-order valence-electron chi connectivity index (χ3n) is 5.83. The van der Waals surface area contributed by atoms with E-state index in [4.69, 9.17) is 4.74 Å². The second-order valence-electron chi connectivity index (χ2n) is 8.33. The Morgan fingerprint density at radius 3 is 2.38 bits per heavy atom. The highest BCUT2D eigenvalue weighted by Crippen LogP contribution is 2.41. The first-order valence-electron chi connectivity index (χ1n) is 12.0. The van der Waals surface area contributed by atoms with Crippen molar-refractivity contribution in [3.63, 3.8) is 0 Å². The summed E-state index contributed by atoms with van der Waals surface area (Å²) in [5.74, 6) is -0.439. The molecule has 37 heavy (non-hydrogen) atoms. The molecule has 1 heterocycles. The summed E-state index contributed by atoms with van der Waals surface area (Å²) in [4.78, 5) is 15.0. The van der Waals surface area contributed by atoms with E-state index in [-0.39, 0.29) is 12.2 Å².